The average molecular weight is 1030 g/mol. The van der Waals surface area contributed by atoms with Crippen molar-refractivity contribution in [2.75, 3.05) is 6.79 Å². The van der Waals surface area contributed by atoms with Crippen molar-refractivity contribution in [1.29, 1.82) is 0 Å². The van der Waals surface area contributed by atoms with Crippen LogP contribution < -0.4 is 45.3 Å². The van der Waals surface area contributed by atoms with Crippen molar-refractivity contribution in [3.05, 3.63) is 117 Å². The van der Waals surface area contributed by atoms with Crippen LogP contribution in [0.4, 0.5) is 0 Å². The minimum Gasteiger partial charge on any atom is -0.543 e. The van der Waals surface area contributed by atoms with Gasteiger partial charge in [0.2, 0.25) is 30.4 Å². The Labute approximate surface area is 439 Å². The van der Waals surface area contributed by atoms with Gasteiger partial charge >= 0.3 is 41.5 Å². The monoisotopic (exact) mass is 1020 g/mol. The Bertz CT molecular complexity index is 2770. The van der Waals surface area contributed by atoms with E-state index in [0.29, 0.717) is 63.0 Å². The second-order valence-corrected chi connectivity index (χ2v) is 19.2. The summed E-state index contributed by atoms with van der Waals surface area (Å²) in [6.07, 6.45) is 5.18. The van der Waals surface area contributed by atoms with Crippen LogP contribution in [0.25, 0.3) is 11.1 Å². The van der Waals surface area contributed by atoms with Crippen LogP contribution in [-0.2, 0) is 69.0 Å². The van der Waals surface area contributed by atoms with E-state index in [1.54, 1.807) is 69.6 Å². The average Bonchev–Trinajstić information content (AvgIpc) is 4.12. The van der Waals surface area contributed by atoms with Crippen molar-refractivity contribution < 1.29 is 87.9 Å². The summed E-state index contributed by atoms with van der Waals surface area (Å²) in [6, 6.07) is 9.14. The molecule has 0 saturated carbocycles. The smallest absolute Gasteiger partial charge is 0.543 e. The van der Waals surface area contributed by atoms with Crippen molar-refractivity contribution in [3.8, 4) is 0 Å². The van der Waals surface area contributed by atoms with E-state index < -0.39 is 72.2 Å². The standard InChI is InChI=1S/C27H31ClN4O7.C21H21ClN4O5.Na/c1-14(33)22-20-9-18(23(32(20)24(22)35)25(36)38-13-39-26(37)27(2,3)4)15-5-6-16(19(28)7-15)8-21(34)30-11-17-10-29-12-31-17;1-10(27)18-16-6-14(19(21(30)31)26(16)20(18)29)11-2-3-12(15(22)4-11)5-17(28)24-8-13-7-23-9-25-13;/h5-7,10,12,14,20,22,33H,8-9,11,13H2,1-4H3,(H,29,31)(H,30,34);2-4,7,9-10,16,18,27H,5-6,8H2,1H3,(H,23,25)(H,24,28)(H,30,31);/q;;+1/p-1/t14-,20-,22-;10-,16-,18-;/m11./s1. The molecule has 2 aromatic heterocycles. The molecule has 20 nitrogen and oxygen atoms in total. The molecular weight excluding hydrogens is 974 g/mol. The molecule has 71 heavy (non-hydrogen) atoms. The molecule has 2 saturated heterocycles. The number of esters is 2. The summed E-state index contributed by atoms with van der Waals surface area (Å²) in [5, 5.41) is 37.9. The van der Waals surface area contributed by atoms with Crippen LogP contribution in [-0.4, -0.2) is 113 Å². The van der Waals surface area contributed by atoms with Crippen LogP contribution in [0.5, 0.6) is 0 Å². The number of hydrogen-bond acceptors (Lipinski definition) is 14. The van der Waals surface area contributed by atoms with E-state index in [9.17, 15) is 48.9 Å². The molecule has 370 valence electrons. The van der Waals surface area contributed by atoms with E-state index in [0.717, 1.165) is 11.4 Å². The van der Waals surface area contributed by atoms with Gasteiger partial charge in [0.15, 0.2) is 0 Å². The quantitative estimate of drug-likeness (QED) is 0.0352. The van der Waals surface area contributed by atoms with E-state index >= 15 is 0 Å². The number of halogens is 2. The van der Waals surface area contributed by atoms with Gasteiger partial charge in [0.25, 0.3) is 0 Å². The first-order valence-electron chi connectivity index (χ1n) is 22.3. The zero-order chi connectivity index (χ0) is 50.8. The van der Waals surface area contributed by atoms with Crippen LogP contribution in [0, 0.1) is 17.3 Å². The second kappa shape index (κ2) is 22.7. The summed E-state index contributed by atoms with van der Waals surface area (Å²) >= 11 is 12.9. The molecule has 0 bridgehead atoms. The summed E-state index contributed by atoms with van der Waals surface area (Å²) in [5.41, 5.74) is 3.82. The summed E-state index contributed by atoms with van der Waals surface area (Å²) in [4.78, 5) is 103. The maximum Gasteiger partial charge on any atom is 1.00 e. The number of carboxylic acid groups (broad SMARTS) is 1. The maximum absolute atomic E-state index is 13.1. The van der Waals surface area contributed by atoms with Gasteiger partial charge in [-0.05, 0) is 93.0 Å². The van der Waals surface area contributed by atoms with Gasteiger partial charge in [-0.25, -0.2) is 14.8 Å². The first kappa shape index (κ1) is 54.5. The number of aliphatic hydroxyl groups excluding tert-OH is 2. The molecule has 4 aromatic rings. The number of aromatic nitrogens is 4. The SMILES string of the molecule is C[C@@H](O)[C@H]1C(=O)N2C(C(=O)OCOC(=O)C(C)(C)C)=C(c3ccc(CC(=O)NCc4cnc[nH]4)c(Cl)c3)C[C@H]12.C[C@@H](O)[C@H]1C(=O)N2C(C(=O)[O-])=C(c3ccc(CC(=O)NCc4cnc[nH]4)c(Cl)c3)C[C@H]12.[Na+]. The Kier molecular flexibility index (Phi) is 17.4. The molecule has 0 spiro atoms. The number of aromatic amines is 2. The van der Waals surface area contributed by atoms with Gasteiger partial charge in [0, 0.05) is 22.4 Å². The number of imidazole rings is 2. The van der Waals surface area contributed by atoms with Crippen LogP contribution in [0.2, 0.25) is 10.0 Å². The van der Waals surface area contributed by atoms with Crippen molar-refractivity contribution >= 4 is 75.9 Å². The molecule has 6 heterocycles. The van der Waals surface area contributed by atoms with Crippen LogP contribution in [0.1, 0.15) is 81.1 Å². The third-order valence-electron chi connectivity index (χ3n) is 12.4. The Balaban J connectivity index is 0.000000235. The van der Waals surface area contributed by atoms with Crippen molar-refractivity contribution in [2.24, 2.45) is 17.3 Å². The molecule has 6 atom stereocenters. The number of hydrogen-bond donors (Lipinski definition) is 6. The first-order chi connectivity index (χ1) is 33.2. The number of carbonyl (C=O) groups excluding carboxylic acids is 7. The van der Waals surface area contributed by atoms with Gasteiger partial charge in [-0.15, -0.1) is 0 Å². The number of nitrogens with one attached hydrogen (secondary N) is 4. The fourth-order valence-electron chi connectivity index (χ4n) is 8.83. The number of fused-ring (bicyclic) bond motifs is 2. The number of H-pyrrole nitrogens is 2. The number of aliphatic carboxylic acids is 1. The van der Waals surface area contributed by atoms with E-state index in [1.165, 1.54) is 36.3 Å². The molecule has 0 aliphatic carbocycles. The van der Waals surface area contributed by atoms with Gasteiger partial charge < -0.3 is 60.0 Å². The van der Waals surface area contributed by atoms with Crippen LogP contribution in [0.15, 0.2) is 72.8 Å². The molecular formula is C48H51Cl2N8NaO12. The molecule has 0 radical (unpaired) electrons. The fraction of sp³-hybridized carbons (Fsp3) is 0.396. The second-order valence-electron chi connectivity index (χ2n) is 18.3. The molecule has 4 aliphatic heterocycles. The maximum atomic E-state index is 13.1. The fourth-order valence-corrected chi connectivity index (χ4v) is 9.33. The molecule has 2 aromatic carbocycles. The minimum atomic E-state index is -1.45. The minimum absolute atomic E-state index is 0. The predicted molar refractivity (Wildman–Crippen MR) is 247 cm³/mol. The third kappa shape index (κ3) is 11.9. The predicted octanol–water partition coefficient (Wildman–Crippen LogP) is -0.667. The summed E-state index contributed by atoms with van der Waals surface area (Å²) in [7, 11) is 0. The molecule has 4 amide bonds. The van der Waals surface area contributed by atoms with Gasteiger partial charge in [0.05, 0.1) is 103 Å². The van der Waals surface area contributed by atoms with Gasteiger partial charge in [-0.2, -0.15) is 0 Å². The normalized spacial score (nSPS) is 19.8. The molecule has 2 fully saturated rings. The zero-order valence-corrected chi connectivity index (χ0v) is 43.2. The van der Waals surface area contributed by atoms with E-state index in [2.05, 4.69) is 30.6 Å². The van der Waals surface area contributed by atoms with Gasteiger partial charge in [0.1, 0.15) is 5.70 Å². The molecule has 4 aliphatic rings. The van der Waals surface area contributed by atoms with Crippen LogP contribution >= 0.6 is 23.2 Å². The number of carboxylic acids is 1. The number of aliphatic hydroxyl groups is 2. The summed E-state index contributed by atoms with van der Waals surface area (Å²) in [5.74, 6) is -5.39. The zero-order valence-electron chi connectivity index (χ0n) is 39.7. The number of carbonyl (C=O) groups is 7. The van der Waals surface area contributed by atoms with Crippen molar-refractivity contribution in [2.45, 2.75) is 97.7 Å². The van der Waals surface area contributed by atoms with E-state index in [1.807, 2.05) is 0 Å². The molecule has 6 N–H and O–H groups in total. The molecule has 23 heteroatoms. The summed E-state index contributed by atoms with van der Waals surface area (Å²) in [6.45, 7) is 8.07. The number of ether oxygens (including phenoxy) is 2. The molecule has 8 rings (SSSR count). The Morgan fingerprint density at radius 1 is 0.761 bits per heavy atom. The van der Waals surface area contributed by atoms with E-state index in [4.69, 9.17) is 32.7 Å². The molecule has 0 unspecified atom stereocenters. The third-order valence-corrected chi connectivity index (χ3v) is 13.1. The largest absolute Gasteiger partial charge is 1.00 e. The Morgan fingerprint density at radius 2 is 1.20 bits per heavy atom. The van der Waals surface area contributed by atoms with Crippen molar-refractivity contribution in [3.63, 3.8) is 0 Å². The Hall–Kier alpha value is -5.87. The number of β-lactam (4-membered cyclic amide) rings is 2. The number of benzene rings is 2. The number of nitrogens with zero attached hydrogens (tertiary/aromatic N) is 4. The van der Waals surface area contributed by atoms with Gasteiger partial charge in [-0.1, -0.05) is 47.5 Å². The first-order valence-corrected chi connectivity index (χ1v) is 23.0. The van der Waals surface area contributed by atoms with Gasteiger partial charge in [-0.3, -0.25) is 24.0 Å². The van der Waals surface area contributed by atoms with Crippen LogP contribution in [0.3, 0.4) is 0 Å². The van der Waals surface area contributed by atoms with Crippen molar-refractivity contribution in [1.82, 2.24) is 40.4 Å². The summed E-state index contributed by atoms with van der Waals surface area (Å²) < 4.78 is 10.3. The topological polar surface area (TPSA) is 289 Å². The number of amides is 4. The number of rotatable bonds is 16. The van der Waals surface area contributed by atoms with E-state index in [-0.39, 0.29) is 77.9 Å². The Morgan fingerprint density at radius 3 is 1.58 bits per heavy atom.